The number of rotatable bonds is 2. The van der Waals surface area contributed by atoms with Crippen molar-refractivity contribution in [1.29, 1.82) is 0 Å². The number of hydrogen-bond donors (Lipinski definition) is 0. The van der Waals surface area contributed by atoms with Gasteiger partial charge in [-0.25, -0.2) is 0 Å². The van der Waals surface area contributed by atoms with E-state index in [1.54, 1.807) is 17.6 Å². The van der Waals surface area contributed by atoms with Crippen molar-refractivity contribution >= 4 is 29.4 Å². The van der Waals surface area contributed by atoms with Crippen molar-refractivity contribution < 1.29 is 9.59 Å². The molecule has 5 rings (SSSR count). The molecule has 0 radical (unpaired) electrons. The Labute approximate surface area is 126 Å². The van der Waals surface area contributed by atoms with Gasteiger partial charge in [-0.2, -0.15) is 10.1 Å². The zero-order valence-corrected chi connectivity index (χ0v) is 12.1. The number of carbonyl (C=O) groups excluding carboxylic acids is 2. The molecule has 3 aliphatic carbocycles. The number of allylic oxidation sites excluding steroid dienone is 2. The van der Waals surface area contributed by atoms with Crippen LogP contribution in [0.2, 0.25) is 0 Å². The topological polar surface area (TPSA) is 49.7 Å². The van der Waals surface area contributed by atoms with Gasteiger partial charge in [0.25, 0.3) is 11.8 Å². The van der Waals surface area contributed by atoms with Crippen LogP contribution in [0.4, 0.5) is 0 Å². The smallest absolute Gasteiger partial charge is 0.254 e. The fraction of sp³-hybridized carbons (Fsp3) is 0.438. The molecule has 1 aliphatic heterocycles. The van der Waals surface area contributed by atoms with Crippen LogP contribution in [0.5, 0.6) is 0 Å². The highest BCUT2D eigenvalue weighted by atomic mass is 32.1. The Hall–Kier alpha value is -1.75. The molecule has 106 valence electrons. The van der Waals surface area contributed by atoms with Crippen LogP contribution < -0.4 is 0 Å². The zero-order chi connectivity index (χ0) is 14.2. The average molecular weight is 298 g/mol. The molecule has 2 saturated carbocycles. The van der Waals surface area contributed by atoms with Crippen LogP contribution in [0.15, 0.2) is 34.8 Å². The van der Waals surface area contributed by atoms with Crippen molar-refractivity contribution in [3.63, 3.8) is 0 Å². The normalized spacial score (nSPS) is 38.2. The van der Waals surface area contributed by atoms with Crippen LogP contribution in [0, 0.1) is 29.1 Å². The second-order valence-corrected chi connectivity index (χ2v) is 7.45. The summed E-state index contributed by atoms with van der Waals surface area (Å²) in [7, 11) is 0. The van der Waals surface area contributed by atoms with E-state index in [0.717, 1.165) is 9.89 Å². The Morgan fingerprint density at radius 2 is 1.86 bits per heavy atom. The minimum absolute atomic E-state index is 0.0964. The van der Waals surface area contributed by atoms with Gasteiger partial charge >= 0.3 is 0 Å². The van der Waals surface area contributed by atoms with E-state index in [9.17, 15) is 9.59 Å². The van der Waals surface area contributed by atoms with Gasteiger partial charge in [0.2, 0.25) is 0 Å². The van der Waals surface area contributed by atoms with E-state index in [1.165, 1.54) is 12.8 Å². The molecule has 1 spiro atoms. The summed E-state index contributed by atoms with van der Waals surface area (Å²) >= 11 is 1.54. The third-order valence-electron chi connectivity index (χ3n) is 5.67. The summed E-state index contributed by atoms with van der Waals surface area (Å²) in [5.74, 6) is 0.0320. The van der Waals surface area contributed by atoms with Gasteiger partial charge in [0.05, 0.1) is 18.1 Å². The van der Waals surface area contributed by atoms with Crippen LogP contribution in [0.25, 0.3) is 0 Å². The predicted octanol–water partition coefficient (Wildman–Crippen LogP) is 2.28. The maximum absolute atomic E-state index is 12.6. The Morgan fingerprint density at radius 3 is 2.38 bits per heavy atom. The standard InChI is InChI=1S/C16H14N2O2S/c19-14-12-10-3-4-11(16(10)5-6-16)13(12)15(20)18(14)17-8-9-2-1-7-21-9/h1-4,7-8,10-13H,5-6H2/b17-8-/t10-,11-,12-,13+/m0/s1. The van der Waals surface area contributed by atoms with Crippen molar-refractivity contribution in [2.75, 3.05) is 0 Å². The molecule has 5 heteroatoms. The van der Waals surface area contributed by atoms with Gasteiger partial charge in [-0.3, -0.25) is 9.59 Å². The molecular weight excluding hydrogens is 284 g/mol. The monoisotopic (exact) mass is 298 g/mol. The highest BCUT2D eigenvalue weighted by molar-refractivity contribution is 7.11. The lowest BCUT2D eigenvalue weighted by molar-refractivity contribution is -0.141. The molecule has 4 nitrogen and oxygen atoms in total. The van der Waals surface area contributed by atoms with Crippen LogP contribution in [-0.4, -0.2) is 23.0 Å². The van der Waals surface area contributed by atoms with Crippen LogP contribution in [0.3, 0.4) is 0 Å². The quantitative estimate of drug-likeness (QED) is 0.478. The number of carbonyl (C=O) groups is 2. The first-order valence-corrected chi connectivity index (χ1v) is 8.24. The SMILES string of the molecule is O=C1[C@@H]2[C@H](C(=O)N1/N=C\c1cccs1)[C@@H]1C=C[C@@H]2C12CC2. The summed E-state index contributed by atoms with van der Waals surface area (Å²) in [6.45, 7) is 0. The lowest BCUT2D eigenvalue weighted by Gasteiger charge is -2.18. The highest BCUT2D eigenvalue weighted by Gasteiger charge is 2.73. The Morgan fingerprint density at radius 1 is 1.19 bits per heavy atom. The van der Waals surface area contributed by atoms with Crippen molar-refractivity contribution in [3.05, 3.63) is 34.5 Å². The van der Waals surface area contributed by atoms with E-state index >= 15 is 0 Å². The minimum atomic E-state index is -0.157. The number of imide groups is 1. The molecule has 1 aromatic heterocycles. The first-order chi connectivity index (χ1) is 10.2. The van der Waals surface area contributed by atoms with Gasteiger partial charge in [0, 0.05) is 4.88 Å². The van der Waals surface area contributed by atoms with E-state index in [2.05, 4.69) is 17.3 Å². The number of hydrogen-bond acceptors (Lipinski definition) is 4. The van der Waals surface area contributed by atoms with Gasteiger partial charge in [0.1, 0.15) is 0 Å². The number of nitrogens with zero attached hydrogens (tertiary/aromatic N) is 2. The third-order valence-corrected chi connectivity index (χ3v) is 6.48. The fourth-order valence-electron chi connectivity index (χ4n) is 4.66. The highest BCUT2D eigenvalue weighted by Crippen LogP contribution is 2.73. The fourth-order valence-corrected chi connectivity index (χ4v) is 5.24. The van der Waals surface area contributed by atoms with Gasteiger partial charge in [-0.05, 0) is 41.5 Å². The van der Waals surface area contributed by atoms with Gasteiger partial charge in [0.15, 0.2) is 0 Å². The van der Waals surface area contributed by atoms with Crippen molar-refractivity contribution in [2.24, 2.45) is 34.2 Å². The van der Waals surface area contributed by atoms with Crippen LogP contribution in [-0.2, 0) is 9.59 Å². The number of fused-ring (bicyclic) bond motifs is 3. The van der Waals surface area contributed by atoms with Crippen molar-refractivity contribution in [1.82, 2.24) is 5.01 Å². The third kappa shape index (κ3) is 1.33. The molecule has 0 N–H and O–H groups in total. The van der Waals surface area contributed by atoms with E-state index in [1.807, 2.05) is 17.5 Å². The molecule has 3 fully saturated rings. The predicted molar refractivity (Wildman–Crippen MR) is 78.5 cm³/mol. The van der Waals surface area contributed by atoms with Gasteiger partial charge < -0.3 is 0 Å². The second kappa shape index (κ2) is 3.71. The molecule has 2 heterocycles. The summed E-state index contributed by atoms with van der Waals surface area (Å²) in [4.78, 5) is 26.2. The molecule has 4 aliphatic rings. The minimum Gasteiger partial charge on any atom is -0.272 e. The molecule has 1 saturated heterocycles. The lowest BCUT2D eigenvalue weighted by Crippen LogP contribution is -2.30. The summed E-state index contributed by atoms with van der Waals surface area (Å²) in [5, 5.41) is 7.24. The molecule has 2 bridgehead atoms. The Kier molecular flexibility index (Phi) is 2.10. The summed E-state index contributed by atoms with van der Waals surface area (Å²) in [6, 6.07) is 3.85. The molecule has 0 aromatic carbocycles. The summed E-state index contributed by atoms with van der Waals surface area (Å²) in [5.41, 5.74) is 0.254. The molecule has 1 aromatic rings. The number of hydrazone groups is 1. The summed E-state index contributed by atoms with van der Waals surface area (Å²) < 4.78 is 0. The van der Waals surface area contributed by atoms with Crippen molar-refractivity contribution in [2.45, 2.75) is 12.8 Å². The maximum atomic E-state index is 12.6. The molecular formula is C16H14N2O2S. The van der Waals surface area contributed by atoms with E-state index in [0.29, 0.717) is 0 Å². The average Bonchev–Trinajstić information content (AvgIpc) is 2.77. The first kappa shape index (κ1) is 11.9. The number of thiophene rings is 1. The van der Waals surface area contributed by atoms with Gasteiger partial charge in [-0.1, -0.05) is 18.2 Å². The van der Waals surface area contributed by atoms with Gasteiger partial charge in [-0.15, -0.1) is 11.3 Å². The first-order valence-electron chi connectivity index (χ1n) is 7.36. The molecule has 4 atom stereocenters. The number of amides is 2. The van der Waals surface area contributed by atoms with Crippen LogP contribution >= 0.6 is 11.3 Å². The Bertz CT molecular complexity index is 668. The van der Waals surface area contributed by atoms with E-state index < -0.39 is 0 Å². The van der Waals surface area contributed by atoms with Crippen LogP contribution in [0.1, 0.15) is 17.7 Å². The lowest BCUT2D eigenvalue weighted by atomic mass is 9.85. The maximum Gasteiger partial charge on any atom is 0.254 e. The zero-order valence-electron chi connectivity index (χ0n) is 11.3. The molecule has 0 unspecified atom stereocenters. The van der Waals surface area contributed by atoms with E-state index in [4.69, 9.17) is 0 Å². The largest absolute Gasteiger partial charge is 0.272 e. The van der Waals surface area contributed by atoms with Crippen molar-refractivity contribution in [3.8, 4) is 0 Å². The Balaban J connectivity index is 1.48. The molecule has 2 amide bonds. The summed E-state index contributed by atoms with van der Waals surface area (Å²) in [6.07, 6.45) is 8.31. The second-order valence-electron chi connectivity index (χ2n) is 6.47. The van der Waals surface area contributed by atoms with E-state index in [-0.39, 0.29) is 40.9 Å². The molecule has 21 heavy (non-hydrogen) atoms.